The predicted molar refractivity (Wildman–Crippen MR) is 139 cm³/mol. The number of allylic oxidation sites excluding steroid dienone is 4. The SMILES string of the molecule is CC1=CC(C)([Si](CC(C)C)(CC(C)C)c2cc(C)cc([Si](C)(C)C)c2)C(C)=C1C. The van der Waals surface area contributed by atoms with Gasteiger partial charge in [0.25, 0.3) is 0 Å². The van der Waals surface area contributed by atoms with Crippen LogP contribution in [0.5, 0.6) is 0 Å². The van der Waals surface area contributed by atoms with E-state index in [2.05, 4.69) is 106 Å². The van der Waals surface area contributed by atoms with Crippen LogP contribution >= 0.6 is 0 Å². The minimum atomic E-state index is -1.89. The molecule has 0 saturated heterocycles. The Morgan fingerprint density at radius 3 is 1.66 bits per heavy atom. The number of rotatable bonds is 7. The van der Waals surface area contributed by atoms with Gasteiger partial charge in [0.15, 0.2) is 0 Å². The molecule has 0 bridgehead atoms. The van der Waals surface area contributed by atoms with Gasteiger partial charge in [-0.05, 0) is 57.2 Å². The first-order chi connectivity index (χ1) is 13.1. The number of hydrogen-bond donors (Lipinski definition) is 0. The highest BCUT2D eigenvalue weighted by Gasteiger charge is 2.53. The minimum Gasteiger partial charge on any atom is -0.0737 e. The molecule has 0 aliphatic heterocycles. The lowest BCUT2D eigenvalue weighted by molar-refractivity contribution is 0.653. The summed E-state index contributed by atoms with van der Waals surface area (Å²) in [6, 6.07) is 10.5. The van der Waals surface area contributed by atoms with Gasteiger partial charge in [0.2, 0.25) is 0 Å². The molecule has 0 saturated carbocycles. The molecule has 1 aromatic carbocycles. The van der Waals surface area contributed by atoms with E-state index < -0.39 is 16.1 Å². The Labute approximate surface area is 183 Å². The van der Waals surface area contributed by atoms with Crippen LogP contribution in [0, 0.1) is 18.8 Å². The van der Waals surface area contributed by atoms with Crippen LogP contribution in [-0.2, 0) is 0 Å². The third kappa shape index (κ3) is 4.59. The third-order valence-electron chi connectivity index (χ3n) is 7.44. The van der Waals surface area contributed by atoms with Crippen molar-refractivity contribution in [3.8, 4) is 0 Å². The summed E-state index contributed by atoms with van der Waals surface area (Å²) in [5.74, 6) is 1.44. The molecule has 0 fully saturated rings. The van der Waals surface area contributed by atoms with Crippen molar-refractivity contribution in [3.63, 3.8) is 0 Å². The van der Waals surface area contributed by atoms with Crippen LogP contribution in [0.15, 0.2) is 41.0 Å². The third-order valence-corrected chi connectivity index (χ3v) is 16.4. The summed E-state index contributed by atoms with van der Waals surface area (Å²) in [4.78, 5) is 0. The maximum Gasteiger partial charge on any atom is 0.101 e. The van der Waals surface area contributed by atoms with Gasteiger partial charge in [-0.2, -0.15) is 0 Å². The Hall–Kier alpha value is -0.866. The van der Waals surface area contributed by atoms with Crippen LogP contribution in [0.2, 0.25) is 36.8 Å². The zero-order valence-electron chi connectivity index (χ0n) is 21.4. The van der Waals surface area contributed by atoms with Crippen molar-refractivity contribution in [2.75, 3.05) is 0 Å². The first kappa shape index (κ1) is 24.4. The lowest BCUT2D eigenvalue weighted by Gasteiger charge is -2.49. The van der Waals surface area contributed by atoms with E-state index in [1.54, 1.807) is 15.9 Å². The number of aryl methyl sites for hydroxylation is 1. The predicted octanol–water partition coefficient (Wildman–Crippen LogP) is 7.56. The monoisotopic (exact) mass is 426 g/mol. The Balaban J connectivity index is 2.91. The van der Waals surface area contributed by atoms with Crippen molar-refractivity contribution in [1.29, 1.82) is 0 Å². The lowest BCUT2D eigenvalue weighted by atomic mass is 10.0. The van der Waals surface area contributed by atoms with E-state index >= 15 is 0 Å². The van der Waals surface area contributed by atoms with E-state index in [1.165, 1.54) is 28.8 Å². The summed E-state index contributed by atoms with van der Waals surface area (Å²) in [5.41, 5.74) is 6.14. The molecule has 0 amide bonds. The second-order valence-electron chi connectivity index (χ2n) is 11.9. The van der Waals surface area contributed by atoms with Gasteiger partial charge >= 0.3 is 0 Å². The Bertz CT molecular complexity index is 807. The van der Waals surface area contributed by atoms with E-state index in [0.29, 0.717) is 0 Å². The van der Waals surface area contributed by atoms with E-state index in [-0.39, 0.29) is 5.04 Å². The summed E-state index contributed by atoms with van der Waals surface area (Å²) in [6.45, 7) is 29.3. The Kier molecular flexibility index (Phi) is 7.02. The molecular weight excluding hydrogens is 380 g/mol. The molecule has 0 aromatic heterocycles. The van der Waals surface area contributed by atoms with Crippen molar-refractivity contribution >= 4 is 26.5 Å². The van der Waals surface area contributed by atoms with Crippen LogP contribution in [0.4, 0.5) is 0 Å². The average molecular weight is 427 g/mol. The molecule has 1 unspecified atom stereocenters. The van der Waals surface area contributed by atoms with Crippen molar-refractivity contribution < 1.29 is 0 Å². The molecule has 0 radical (unpaired) electrons. The maximum absolute atomic E-state index is 2.67. The van der Waals surface area contributed by atoms with Crippen LogP contribution in [0.1, 0.15) is 61.0 Å². The molecule has 162 valence electrons. The molecule has 0 spiro atoms. The molecule has 1 atom stereocenters. The van der Waals surface area contributed by atoms with E-state index in [9.17, 15) is 0 Å². The summed E-state index contributed by atoms with van der Waals surface area (Å²) >= 11 is 0. The fourth-order valence-electron chi connectivity index (χ4n) is 5.76. The van der Waals surface area contributed by atoms with Gasteiger partial charge in [-0.15, -0.1) is 0 Å². The highest BCUT2D eigenvalue weighted by molar-refractivity contribution is 6.96. The molecule has 29 heavy (non-hydrogen) atoms. The largest absolute Gasteiger partial charge is 0.101 e. The zero-order chi connectivity index (χ0) is 22.4. The van der Waals surface area contributed by atoms with Crippen molar-refractivity contribution in [2.45, 2.75) is 99.1 Å². The molecule has 0 N–H and O–H groups in total. The van der Waals surface area contributed by atoms with Crippen molar-refractivity contribution in [1.82, 2.24) is 0 Å². The lowest BCUT2D eigenvalue weighted by Crippen LogP contribution is -2.59. The topological polar surface area (TPSA) is 0 Å². The van der Waals surface area contributed by atoms with Gasteiger partial charge in [-0.1, -0.05) is 106 Å². The van der Waals surface area contributed by atoms with Crippen LogP contribution < -0.4 is 10.4 Å². The summed E-state index contributed by atoms with van der Waals surface area (Å²) in [5, 5.41) is 3.57. The van der Waals surface area contributed by atoms with Crippen molar-refractivity contribution in [2.24, 2.45) is 11.8 Å². The standard InChI is InChI=1S/C27H46Si2/c1-19(2)17-29(18-20(3)4,27(9)16-22(6)23(7)24(27)8)26-14-21(5)13-25(15-26)28(10,11)12/h13-16,19-20H,17-18H2,1-12H3. The van der Waals surface area contributed by atoms with E-state index in [0.717, 1.165) is 11.8 Å². The zero-order valence-corrected chi connectivity index (χ0v) is 23.4. The summed E-state index contributed by atoms with van der Waals surface area (Å²) in [7, 11) is -3.26. The molecule has 2 heteroatoms. The molecule has 2 rings (SSSR count). The van der Waals surface area contributed by atoms with Gasteiger partial charge in [-0.3, -0.25) is 0 Å². The average Bonchev–Trinajstić information content (AvgIpc) is 2.76. The summed E-state index contributed by atoms with van der Waals surface area (Å²) in [6.07, 6.45) is 2.67. The minimum absolute atomic E-state index is 0.209. The normalized spacial score (nSPS) is 20.8. The van der Waals surface area contributed by atoms with Crippen LogP contribution in [0.3, 0.4) is 0 Å². The van der Waals surface area contributed by atoms with Gasteiger partial charge in [0, 0.05) is 5.04 Å². The van der Waals surface area contributed by atoms with Crippen LogP contribution in [0.25, 0.3) is 0 Å². The van der Waals surface area contributed by atoms with Crippen LogP contribution in [-0.4, -0.2) is 16.1 Å². The molecule has 1 aliphatic carbocycles. The number of hydrogen-bond acceptors (Lipinski definition) is 0. The molecule has 1 aromatic rings. The highest BCUT2D eigenvalue weighted by Crippen LogP contribution is 2.57. The van der Waals surface area contributed by atoms with E-state index in [1.807, 2.05) is 0 Å². The molecular formula is C27H46Si2. The Morgan fingerprint density at radius 1 is 0.793 bits per heavy atom. The highest BCUT2D eigenvalue weighted by atomic mass is 28.3. The van der Waals surface area contributed by atoms with Gasteiger partial charge in [0.05, 0.1) is 8.07 Å². The van der Waals surface area contributed by atoms with Crippen molar-refractivity contribution in [3.05, 3.63) is 46.6 Å². The Morgan fingerprint density at radius 2 is 1.28 bits per heavy atom. The molecule has 1 aliphatic rings. The fraction of sp³-hybridized carbons (Fsp3) is 0.630. The molecule has 0 nitrogen and oxygen atoms in total. The smallest absolute Gasteiger partial charge is 0.0737 e. The second-order valence-corrected chi connectivity index (χ2v) is 21.6. The molecule has 0 heterocycles. The van der Waals surface area contributed by atoms with Gasteiger partial charge < -0.3 is 0 Å². The fourth-order valence-corrected chi connectivity index (χ4v) is 14.4. The van der Waals surface area contributed by atoms with Gasteiger partial charge in [0.1, 0.15) is 8.07 Å². The summed E-state index contributed by atoms with van der Waals surface area (Å²) < 4.78 is 0. The van der Waals surface area contributed by atoms with Gasteiger partial charge in [-0.25, -0.2) is 0 Å². The maximum atomic E-state index is 2.67. The quantitative estimate of drug-likeness (QED) is 0.394. The van der Waals surface area contributed by atoms with E-state index in [4.69, 9.17) is 0 Å². The first-order valence-electron chi connectivity index (χ1n) is 11.6. The first-order valence-corrected chi connectivity index (χ1v) is 17.6. The number of benzene rings is 1. The second kappa shape index (κ2) is 8.34.